The van der Waals surface area contributed by atoms with Gasteiger partial charge in [0.1, 0.15) is 0 Å². The summed E-state index contributed by atoms with van der Waals surface area (Å²) in [5.74, 6) is -0.331. The minimum absolute atomic E-state index is 0.331. The molecule has 0 amide bonds. The molecule has 0 spiro atoms. The molecule has 0 aliphatic rings. The summed E-state index contributed by atoms with van der Waals surface area (Å²) < 4.78 is 4.73. The third kappa shape index (κ3) is 4.43. The number of allylic oxidation sites excluding steroid dienone is 1. The summed E-state index contributed by atoms with van der Waals surface area (Å²) in [6.45, 7) is 4.33. The fourth-order valence-corrected chi connectivity index (χ4v) is 2.08. The minimum atomic E-state index is -0.331. The van der Waals surface area contributed by atoms with Crippen LogP contribution in [0.15, 0.2) is 23.8 Å². The number of nitrogens with two attached hydrogens (primary N) is 1. The second-order valence-electron chi connectivity index (χ2n) is 4.64. The van der Waals surface area contributed by atoms with Crippen LogP contribution in [0.25, 0.3) is 6.08 Å². The Bertz CT molecular complexity index is 456. The van der Waals surface area contributed by atoms with Crippen LogP contribution in [0.1, 0.15) is 55.5 Å². The molecule has 0 fully saturated rings. The molecule has 1 aromatic carbocycles. The zero-order valence-corrected chi connectivity index (χ0v) is 12.0. The number of methoxy groups -OCH3 is 1. The summed E-state index contributed by atoms with van der Waals surface area (Å²) in [5, 5.41) is 0. The number of ether oxygens (including phenoxy) is 1. The summed E-state index contributed by atoms with van der Waals surface area (Å²) in [6, 6.07) is 5.25. The van der Waals surface area contributed by atoms with Crippen molar-refractivity contribution in [2.75, 3.05) is 12.8 Å². The number of esters is 1. The predicted octanol–water partition coefficient (Wildman–Crippen LogP) is 4.04. The van der Waals surface area contributed by atoms with E-state index in [0.29, 0.717) is 11.3 Å². The molecule has 19 heavy (non-hydrogen) atoms. The number of anilines is 1. The average molecular weight is 261 g/mol. The fraction of sp³-hybridized carbons (Fsp3) is 0.438. The van der Waals surface area contributed by atoms with E-state index in [1.165, 1.54) is 12.7 Å². The van der Waals surface area contributed by atoms with E-state index in [2.05, 4.69) is 19.9 Å². The van der Waals surface area contributed by atoms with Crippen LogP contribution in [-0.2, 0) is 4.74 Å². The van der Waals surface area contributed by atoms with Gasteiger partial charge in [-0.15, -0.1) is 0 Å². The highest BCUT2D eigenvalue weighted by Gasteiger charge is 2.07. The van der Waals surface area contributed by atoms with E-state index >= 15 is 0 Å². The summed E-state index contributed by atoms with van der Waals surface area (Å²) in [4.78, 5) is 11.5. The normalized spacial score (nSPS) is 10.1. The predicted molar refractivity (Wildman–Crippen MR) is 80.0 cm³/mol. The van der Waals surface area contributed by atoms with Gasteiger partial charge in [0, 0.05) is 5.69 Å². The van der Waals surface area contributed by atoms with E-state index in [9.17, 15) is 4.79 Å². The Morgan fingerprint density at radius 1 is 1.26 bits per heavy atom. The van der Waals surface area contributed by atoms with Crippen LogP contribution in [-0.4, -0.2) is 13.1 Å². The summed E-state index contributed by atoms with van der Waals surface area (Å²) >= 11 is 0. The topological polar surface area (TPSA) is 52.3 Å². The van der Waals surface area contributed by atoms with Crippen molar-refractivity contribution >= 4 is 17.7 Å². The van der Waals surface area contributed by atoms with Gasteiger partial charge in [0.15, 0.2) is 0 Å². The second kappa shape index (κ2) is 7.62. The molecule has 0 aliphatic carbocycles. The van der Waals surface area contributed by atoms with Gasteiger partial charge in [0.2, 0.25) is 0 Å². The van der Waals surface area contributed by atoms with Gasteiger partial charge >= 0.3 is 5.97 Å². The molecule has 0 radical (unpaired) electrons. The summed E-state index contributed by atoms with van der Waals surface area (Å²) in [6.07, 6.45) is 6.46. The minimum Gasteiger partial charge on any atom is -0.465 e. The maximum Gasteiger partial charge on any atom is 0.337 e. The van der Waals surface area contributed by atoms with E-state index in [0.717, 1.165) is 31.2 Å². The van der Waals surface area contributed by atoms with Crippen molar-refractivity contribution in [1.29, 1.82) is 0 Å². The third-order valence-corrected chi connectivity index (χ3v) is 3.01. The van der Waals surface area contributed by atoms with Crippen LogP contribution >= 0.6 is 0 Å². The van der Waals surface area contributed by atoms with Gasteiger partial charge < -0.3 is 10.5 Å². The number of nitrogen functional groups attached to an aromatic ring is 1. The van der Waals surface area contributed by atoms with Crippen molar-refractivity contribution in [3.05, 3.63) is 34.9 Å². The maximum absolute atomic E-state index is 11.5. The lowest BCUT2D eigenvalue weighted by Gasteiger charge is -2.08. The van der Waals surface area contributed by atoms with E-state index in [4.69, 9.17) is 10.5 Å². The largest absolute Gasteiger partial charge is 0.465 e. The van der Waals surface area contributed by atoms with E-state index < -0.39 is 0 Å². The van der Waals surface area contributed by atoms with Crippen LogP contribution < -0.4 is 5.73 Å². The standard InChI is InChI=1S/C16H23NO2/c1-4-6-12(7-5-2)10-14-11-13(16(18)19-3)8-9-15(14)17/h8-11H,4-7,17H2,1-3H3. The van der Waals surface area contributed by atoms with E-state index in [-0.39, 0.29) is 5.97 Å². The van der Waals surface area contributed by atoms with Crippen LogP contribution in [0.3, 0.4) is 0 Å². The first kappa shape index (κ1) is 15.3. The smallest absolute Gasteiger partial charge is 0.337 e. The van der Waals surface area contributed by atoms with Crippen molar-refractivity contribution in [1.82, 2.24) is 0 Å². The Kier molecular flexibility index (Phi) is 6.13. The first-order chi connectivity index (χ1) is 9.12. The Hall–Kier alpha value is -1.77. The van der Waals surface area contributed by atoms with Gasteiger partial charge in [-0.05, 0) is 36.6 Å². The van der Waals surface area contributed by atoms with Crippen molar-refractivity contribution in [2.45, 2.75) is 39.5 Å². The molecule has 0 unspecified atom stereocenters. The van der Waals surface area contributed by atoms with E-state index in [1.54, 1.807) is 18.2 Å². The summed E-state index contributed by atoms with van der Waals surface area (Å²) in [7, 11) is 1.38. The Morgan fingerprint density at radius 2 is 1.89 bits per heavy atom. The quantitative estimate of drug-likeness (QED) is 0.621. The lowest BCUT2D eigenvalue weighted by Crippen LogP contribution is -2.02. The monoisotopic (exact) mass is 261 g/mol. The van der Waals surface area contributed by atoms with E-state index in [1.807, 2.05) is 0 Å². The first-order valence-electron chi connectivity index (χ1n) is 6.79. The van der Waals surface area contributed by atoms with Crippen LogP contribution in [0.2, 0.25) is 0 Å². The van der Waals surface area contributed by atoms with Crippen molar-refractivity contribution in [3.63, 3.8) is 0 Å². The molecule has 1 rings (SSSR count). The lowest BCUT2D eigenvalue weighted by molar-refractivity contribution is 0.0600. The number of carbonyl (C=O) groups excluding carboxylic acids is 1. The molecule has 0 saturated carbocycles. The third-order valence-electron chi connectivity index (χ3n) is 3.01. The second-order valence-corrected chi connectivity index (χ2v) is 4.64. The molecule has 0 saturated heterocycles. The SMILES string of the molecule is CCCC(=Cc1cc(C(=O)OC)ccc1N)CCC. The van der Waals surface area contributed by atoms with Crippen molar-refractivity contribution < 1.29 is 9.53 Å². The maximum atomic E-state index is 11.5. The highest BCUT2D eigenvalue weighted by atomic mass is 16.5. The molecule has 0 bridgehead atoms. The highest BCUT2D eigenvalue weighted by molar-refractivity contribution is 5.91. The van der Waals surface area contributed by atoms with Crippen LogP contribution in [0.5, 0.6) is 0 Å². The molecule has 0 aliphatic heterocycles. The van der Waals surface area contributed by atoms with Gasteiger partial charge in [-0.1, -0.05) is 38.3 Å². The molecular weight excluding hydrogens is 238 g/mol. The van der Waals surface area contributed by atoms with Crippen LogP contribution in [0.4, 0.5) is 5.69 Å². The molecule has 104 valence electrons. The Morgan fingerprint density at radius 3 is 2.42 bits per heavy atom. The van der Waals surface area contributed by atoms with Gasteiger partial charge in [-0.3, -0.25) is 0 Å². The van der Waals surface area contributed by atoms with Gasteiger partial charge in [0.05, 0.1) is 12.7 Å². The number of hydrogen-bond donors (Lipinski definition) is 1. The highest BCUT2D eigenvalue weighted by Crippen LogP contribution is 2.22. The molecule has 2 N–H and O–H groups in total. The zero-order chi connectivity index (χ0) is 14.3. The van der Waals surface area contributed by atoms with Gasteiger partial charge in [-0.25, -0.2) is 4.79 Å². The Labute approximate surface area is 115 Å². The molecule has 0 heterocycles. The van der Waals surface area contributed by atoms with Crippen molar-refractivity contribution in [2.24, 2.45) is 0 Å². The molecule has 1 aromatic rings. The Balaban J connectivity index is 3.09. The molecule has 0 aromatic heterocycles. The number of hydrogen-bond acceptors (Lipinski definition) is 3. The fourth-order valence-electron chi connectivity index (χ4n) is 2.08. The average Bonchev–Trinajstić information content (AvgIpc) is 2.41. The lowest BCUT2D eigenvalue weighted by atomic mass is 10.00. The van der Waals surface area contributed by atoms with Crippen LogP contribution in [0, 0.1) is 0 Å². The zero-order valence-electron chi connectivity index (χ0n) is 12.0. The van der Waals surface area contributed by atoms with Gasteiger partial charge in [-0.2, -0.15) is 0 Å². The number of benzene rings is 1. The van der Waals surface area contributed by atoms with Crippen molar-refractivity contribution in [3.8, 4) is 0 Å². The molecular formula is C16H23NO2. The molecule has 3 nitrogen and oxygen atoms in total. The summed E-state index contributed by atoms with van der Waals surface area (Å²) in [5.41, 5.74) is 9.48. The number of rotatable bonds is 6. The molecule has 0 atom stereocenters. The van der Waals surface area contributed by atoms with Gasteiger partial charge in [0.25, 0.3) is 0 Å². The molecule has 3 heteroatoms. The number of carbonyl (C=O) groups is 1. The first-order valence-corrected chi connectivity index (χ1v) is 6.79.